The molecule has 0 spiro atoms. The number of carboxylic acids is 1. The molecule has 0 saturated carbocycles. The van der Waals surface area contributed by atoms with Gasteiger partial charge in [0.1, 0.15) is 6.07 Å². The van der Waals surface area contributed by atoms with E-state index in [0.717, 1.165) is 16.7 Å². The largest absolute Gasteiger partial charge is 0.478 e. The van der Waals surface area contributed by atoms with Crippen LogP contribution in [-0.2, 0) is 0 Å². The van der Waals surface area contributed by atoms with Gasteiger partial charge in [-0.3, -0.25) is 0 Å². The molecule has 3 heteroatoms. The molecule has 0 aliphatic heterocycles. The van der Waals surface area contributed by atoms with Gasteiger partial charge in [0.2, 0.25) is 0 Å². The van der Waals surface area contributed by atoms with Crippen LogP contribution in [-0.4, -0.2) is 11.1 Å². The first-order valence-corrected chi connectivity index (χ1v) is 5.47. The number of carboxylic acid groups (broad SMARTS) is 1. The van der Waals surface area contributed by atoms with E-state index in [4.69, 9.17) is 10.4 Å². The number of nitrogens with zero attached hydrogens (tertiary/aromatic N) is 1. The van der Waals surface area contributed by atoms with Gasteiger partial charge in [-0.1, -0.05) is 30.3 Å². The summed E-state index contributed by atoms with van der Waals surface area (Å²) in [6, 6.07) is 14.6. The van der Waals surface area contributed by atoms with E-state index in [1.807, 2.05) is 43.3 Å². The Balaban J connectivity index is 2.67. The van der Waals surface area contributed by atoms with Gasteiger partial charge in [-0.15, -0.1) is 0 Å². The third-order valence-electron chi connectivity index (χ3n) is 2.80. The molecule has 0 unspecified atom stereocenters. The minimum atomic E-state index is -1.08. The summed E-state index contributed by atoms with van der Waals surface area (Å²) in [6.45, 7) is 1.87. The zero-order valence-corrected chi connectivity index (χ0v) is 9.84. The van der Waals surface area contributed by atoms with E-state index in [9.17, 15) is 4.79 Å². The molecule has 1 N–H and O–H groups in total. The fourth-order valence-electron chi connectivity index (χ4n) is 1.91. The first-order valence-electron chi connectivity index (χ1n) is 5.47. The monoisotopic (exact) mass is 237 g/mol. The molecule has 2 aromatic rings. The van der Waals surface area contributed by atoms with Crippen molar-refractivity contribution in [3.8, 4) is 17.2 Å². The van der Waals surface area contributed by atoms with Crippen molar-refractivity contribution in [3.05, 3.63) is 59.2 Å². The van der Waals surface area contributed by atoms with Crippen molar-refractivity contribution < 1.29 is 9.90 Å². The predicted octanol–water partition coefficient (Wildman–Crippen LogP) is 3.23. The highest BCUT2D eigenvalue weighted by atomic mass is 16.4. The van der Waals surface area contributed by atoms with Crippen molar-refractivity contribution in [2.24, 2.45) is 0 Å². The third kappa shape index (κ3) is 2.09. The molecule has 0 amide bonds. The van der Waals surface area contributed by atoms with Crippen LogP contribution < -0.4 is 0 Å². The summed E-state index contributed by atoms with van der Waals surface area (Å²) < 4.78 is 0. The lowest BCUT2D eigenvalue weighted by Gasteiger charge is -2.08. The summed E-state index contributed by atoms with van der Waals surface area (Å²) in [6.07, 6.45) is 0. The predicted molar refractivity (Wildman–Crippen MR) is 68.3 cm³/mol. The van der Waals surface area contributed by atoms with Gasteiger partial charge in [0, 0.05) is 0 Å². The Hall–Kier alpha value is -2.60. The van der Waals surface area contributed by atoms with Crippen LogP contribution in [0.1, 0.15) is 21.5 Å². The third-order valence-corrected chi connectivity index (χ3v) is 2.80. The van der Waals surface area contributed by atoms with Gasteiger partial charge >= 0.3 is 5.97 Å². The number of hydrogen-bond donors (Lipinski definition) is 1. The SMILES string of the molecule is Cc1cc(C#N)c(C(=O)O)cc1-c1ccccc1. The first-order chi connectivity index (χ1) is 8.63. The van der Waals surface area contributed by atoms with E-state index >= 15 is 0 Å². The number of nitriles is 1. The summed E-state index contributed by atoms with van der Waals surface area (Å²) in [5, 5.41) is 18.0. The maximum Gasteiger partial charge on any atom is 0.337 e. The molecule has 0 radical (unpaired) electrons. The molecular weight excluding hydrogens is 226 g/mol. The lowest BCUT2D eigenvalue weighted by Crippen LogP contribution is -2.01. The molecule has 2 rings (SSSR count). The van der Waals surface area contributed by atoms with Crippen molar-refractivity contribution in [2.75, 3.05) is 0 Å². The highest BCUT2D eigenvalue weighted by molar-refractivity contribution is 5.93. The van der Waals surface area contributed by atoms with E-state index in [0.29, 0.717) is 0 Å². The van der Waals surface area contributed by atoms with Crippen molar-refractivity contribution >= 4 is 5.97 Å². The first kappa shape index (κ1) is 11.9. The van der Waals surface area contributed by atoms with Gasteiger partial charge in [-0.25, -0.2) is 4.79 Å². The zero-order valence-electron chi connectivity index (χ0n) is 9.84. The van der Waals surface area contributed by atoms with Crippen molar-refractivity contribution in [1.82, 2.24) is 0 Å². The number of hydrogen-bond acceptors (Lipinski definition) is 2. The van der Waals surface area contributed by atoms with Gasteiger partial charge in [0.15, 0.2) is 0 Å². The van der Waals surface area contributed by atoms with Gasteiger partial charge in [0.05, 0.1) is 11.1 Å². The van der Waals surface area contributed by atoms with Gasteiger partial charge in [-0.2, -0.15) is 5.26 Å². The topological polar surface area (TPSA) is 61.1 Å². The average Bonchev–Trinajstić information content (AvgIpc) is 2.39. The second-order valence-electron chi connectivity index (χ2n) is 4.00. The van der Waals surface area contributed by atoms with Crippen LogP contribution in [0, 0.1) is 18.3 Å². The van der Waals surface area contributed by atoms with Crippen LogP contribution in [0.15, 0.2) is 42.5 Å². The van der Waals surface area contributed by atoms with Gasteiger partial charge in [-0.05, 0) is 35.7 Å². The summed E-state index contributed by atoms with van der Waals surface area (Å²) in [5.41, 5.74) is 2.92. The summed E-state index contributed by atoms with van der Waals surface area (Å²) >= 11 is 0. The van der Waals surface area contributed by atoms with Crippen molar-refractivity contribution in [2.45, 2.75) is 6.92 Å². The lowest BCUT2D eigenvalue weighted by molar-refractivity contribution is 0.0696. The molecule has 0 aliphatic carbocycles. The number of benzene rings is 2. The molecular formula is C15H11NO2. The minimum absolute atomic E-state index is 0.0435. The average molecular weight is 237 g/mol. The minimum Gasteiger partial charge on any atom is -0.478 e. The Bertz CT molecular complexity index is 640. The second kappa shape index (κ2) is 4.72. The van der Waals surface area contributed by atoms with Crippen LogP contribution in [0.5, 0.6) is 0 Å². The van der Waals surface area contributed by atoms with Gasteiger partial charge < -0.3 is 5.11 Å². The highest BCUT2D eigenvalue weighted by Crippen LogP contribution is 2.26. The fourth-order valence-corrected chi connectivity index (χ4v) is 1.91. The molecule has 0 aliphatic rings. The van der Waals surface area contributed by atoms with Crippen LogP contribution >= 0.6 is 0 Å². The summed E-state index contributed by atoms with van der Waals surface area (Å²) in [4.78, 5) is 11.1. The van der Waals surface area contributed by atoms with E-state index in [-0.39, 0.29) is 11.1 Å². The van der Waals surface area contributed by atoms with E-state index in [1.165, 1.54) is 0 Å². The zero-order chi connectivity index (χ0) is 13.1. The smallest absolute Gasteiger partial charge is 0.337 e. The molecule has 0 heterocycles. The quantitative estimate of drug-likeness (QED) is 0.872. The molecule has 2 aromatic carbocycles. The number of aromatic carboxylic acids is 1. The Kier molecular flexibility index (Phi) is 3.11. The number of aryl methyl sites for hydroxylation is 1. The highest BCUT2D eigenvalue weighted by Gasteiger charge is 2.13. The van der Waals surface area contributed by atoms with Gasteiger partial charge in [0.25, 0.3) is 0 Å². The van der Waals surface area contributed by atoms with Crippen LogP contribution in [0.4, 0.5) is 0 Å². The van der Waals surface area contributed by atoms with Crippen molar-refractivity contribution in [3.63, 3.8) is 0 Å². The molecule has 0 saturated heterocycles. The standard InChI is InChI=1S/C15H11NO2/c1-10-7-12(9-16)14(15(17)18)8-13(10)11-5-3-2-4-6-11/h2-8H,1H3,(H,17,18). The van der Waals surface area contributed by atoms with Crippen molar-refractivity contribution in [1.29, 1.82) is 5.26 Å². The van der Waals surface area contributed by atoms with E-state index < -0.39 is 5.97 Å². The normalized spacial score (nSPS) is 9.78. The number of carbonyl (C=O) groups is 1. The van der Waals surface area contributed by atoms with E-state index in [1.54, 1.807) is 12.1 Å². The Labute approximate surface area is 105 Å². The Morgan fingerprint density at radius 3 is 2.44 bits per heavy atom. The molecule has 3 nitrogen and oxygen atoms in total. The Morgan fingerprint density at radius 2 is 1.89 bits per heavy atom. The molecule has 18 heavy (non-hydrogen) atoms. The summed E-state index contributed by atoms with van der Waals surface area (Å²) in [5.74, 6) is -1.08. The fraction of sp³-hybridized carbons (Fsp3) is 0.0667. The molecule has 0 atom stereocenters. The lowest BCUT2D eigenvalue weighted by atomic mass is 9.95. The van der Waals surface area contributed by atoms with E-state index in [2.05, 4.69) is 0 Å². The molecule has 88 valence electrons. The Morgan fingerprint density at radius 1 is 1.22 bits per heavy atom. The molecule has 0 aromatic heterocycles. The summed E-state index contributed by atoms with van der Waals surface area (Å²) in [7, 11) is 0. The molecule has 0 fully saturated rings. The second-order valence-corrected chi connectivity index (χ2v) is 4.00. The maximum atomic E-state index is 11.1. The molecule has 0 bridgehead atoms. The van der Waals surface area contributed by atoms with Crippen LogP contribution in [0.2, 0.25) is 0 Å². The maximum absolute atomic E-state index is 11.1. The van der Waals surface area contributed by atoms with Crippen LogP contribution in [0.3, 0.4) is 0 Å². The number of rotatable bonds is 2. The van der Waals surface area contributed by atoms with Crippen LogP contribution in [0.25, 0.3) is 11.1 Å².